The Balaban J connectivity index is 2.26. The van der Waals surface area contributed by atoms with Crippen LogP contribution in [0.1, 0.15) is 5.56 Å². The van der Waals surface area contributed by atoms with Crippen LogP contribution in [0.3, 0.4) is 0 Å². The van der Waals surface area contributed by atoms with Crippen LogP contribution in [0.5, 0.6) is 0 Å². The summed E-state index contributed by atoms with van der Waals surface area (Å²) >= 11 is 6.05. The Morgan fingerprint density at radius 2 is 1.75 bits per heavy atom. The van der Waals surface area contributed by atoms with Gasteiger partial charge in [0.25, 0.3) is 0 Å². The number of aliphatic hydroxyl groups excluding tert-OH is 1. The first-order valence-electron chi connectivity index (χ1n) is 7.13. The second kappa shape index (κ2) is 5.94. The van der Waals surface area contributed by atoms with Gasteiger partial charge in [-0.1, -0.05) is 23.7 Å². The molecule has 0 radical (unpaired) electrons. The first kappa shape index (κ1) is 16.5. The highest BCUT2D eigenvalue weighted by molar-refractivity contribution is 6.31. The average molecular weight is 355 g/mol. The van der Waals surface area contributed by atoms with E-state index < -0.39 is 11.7 Å². The lowest BCUT2D eigenvalue weighted by atomic mass is 10.1. The van der Waals surface area contributed by atoms with Gasteiger partial charge in [-0.05, 0) is 30.3 Å². The van der Waals surface area contributed by atoms with Crippen LogP contribution in [-0.4, -0.2) is 18.7 Å². The molecular weight excluding hydrogens is 341 g/mol. The zero-order valence-electron chi connectivity index (χ0n) is 12.7. The Bertz CT molecular complexity index is 805. The third-order valence-electron chi connectivity index (χ3n) is 3.75. The highest BCUT2D eigenvalue weighted by Gasteiger charge is 2.35. The van der Waals surface area contributed by atoms with Crippen LogP contribution in [0, 0.1) is 0 Å². The zero-order chi connectivity index (χ0) is 17.5. The predicted molar refractivity (Wildman–Crippen MR) is 89.0 cm³/mol. The monoisotopic (exact) mass is 354 g/mol. The molecule has 3 rings (SSSR count). The summed E-state index contributed by atoms with van der Waals surface area (Å²) in [5, 5.41) is 10.5. The van der Waals surface area contributed by atoms with Gasteiger partial charge in [0.05, 0.1) is 29.2 Å². The molecule has 0 amide bonds. The van der Waals surface area contributed by atoms with Crippen LogP contribution in [0.25, 0.3) is 0 Å². The maximum absolute atomic E-state index is 13.4. The predicted octanol–water partition coefficient (Wildman–Crippen LogP) is 5.35. The van der Waals surface area contributed by atoms with Gasteiger partial charge < -0.3 is 14.9 Å². The summed E-state index contributed by atoms with van der Waals surface area (Å²) in [4.78, 5) is 3.07. The molecule has 1 aliphatic rings. The number of hydrogen-bond donors (Lipinski definition) is 1. The SMILES string of the molecule is CN1CC(O)=CN(c2ccccc2C(F)(F)F)c2cc(Cl)ccc21. The summed E-state index contributed by atoms with van der Waals surface area (Å²) in [6.45, 7) is 0.180. The molecule has 0 aliphatic carbocycles. The fraction of sp³-hybridized carbons (Fsp3) is 0.176. The number of anilines is 3. The molecule has 0 aromatic heterocycles. The molecule has 1 heterocycles. The summed E-state index contributed by atoms with van der Waals surface area (Å²) < 4.78 is 40.2. The summed E-state index contributed by atoms with van der Waals surface area (Å²) in [7, 11) is 1.75. The van der Waals surface area contributed by atoms with Crippen molar-refractivity contribution in [2.24, 2.45) is 0 Å². The van der Waals surface area contributed by atoms with Crippen LogP contribution in [0.2, 0.25) is 5.02 Å². The standard InChI is InChI=1S/C17H14ClF3N2O/c1-22-9-12(24)10-23(16-8-11(18)6-7-15(16)22)14-5-3-2-4-13(14)17(19,20)21/h2-8,10,24H,9H2,1H3. The molecule has 3 nitrogen and oxygen atoms in total. The van der Waals surface area contributed by atoms with Crippen LogP contribution >= 0.6 is 11.6 Å². The van der Waals surface area contributed by atoms with Gasteiger partial charge in [0.2, 0.25) is 0 Å². The number of nitrogens with zero attached hydrogens (tertiary/aromatic N) is 2. The largest absolute Gasteiger partial charge is 0.509 e. The maximum Gasteiger partial charge on any atom is 0.418 e. The van der Waals surface area contributed by atoms with E-state index in [2.05, 4.69) is 0 Å². The normalized spacial score (nSPS) is 15.0. The van der Waals surface area contributed by atoms with Crippen LogP contribution in [-0.2, 0) is 6.18 Å². The summed E-state index contributed by atoms with van der Waals surface area (Å²) in [6.07, 6.45) is -3.22. The van der Waals surface area contributed by atoms with E-state index in [0.29, 0.717) is 16.4 Å². The number of rotatable bonds is 1. The smallest absolute Gasteiger partial charge is 0.418 e. The van der Waals surface area contributed by atoms with E-state index in [9.17, 15) is 18.3 Å². The van der Waals surface area contributed by atoms with Gasteiger partial charge in [-0.25, -0.2) is 0 Å². The summed E-state index contributed by atoms with van der Waals surface area (Å²) in [5.41, 5.74) is 0.266. The van der Waals surface area contributed by atoms with Gasteiger partial charge in [-0.15, -0.1) is 0 Å². The van der Waals surface area contributed by atoms with Crippen LogP contribution in [0.15, 0.2) is 54.4 Å². The second-order valence-corrected chi connectivity index (χ2v) is 5.93. The van der Waals surface area contributed by atoms with Gasteiger partial charge >= 0.3 is 6.18 Å². The molecule has 1 N–H and O–H groups in total. The highest BCUT2D eigenvalue weighted by Crippen LogP contribution is 2.43. The highest BCUT2D eigenvalue weighted by atomic mass is 35.5. The minimum Gasteiger partial charge on any atom is -0.509 e. The molecule has 0 bridgehead atoms. The van der Waals surface area contributed by atoms with Gasteiger partial charge in [0.15, 0.2) is 0 Å². The number of likely N-dealkylation sites (N-methyl/N-ethyl adjacent to an activating group) is 1. The Hall–Kier alpha value is -2.34. The second-order valence-electron chi connectivity index (χ2n) is 5.49. The Kier molecular flexibility index (Phi) is 4.09. The Morgan fingerprint density at radius 3 is 2.46 bits per heavy atom. The number of fused-ring (bicyclic) bond motifs is 1. The number of alkyl halides is 3. The van der Waals surface area contributed by atoms with Gasteiger partial charge in [-0.3, -0.25) is 0 Å². The van der Waals surface area contributed by atoms with Crippen molar-refractivity contribution in [1.29, 1.82) is 0 Å². The number of aliphatic hydroxyl groups is 1. The van der Waals surface area contributed by atoms with Crippen molar-refractivity contribution in [3.63, 3.8) is 0 Å². The number of benzene rings is 2. The van der Waals surface area contributed by atoms with Crippen molar-refractivity contribution >= 4 is 28.7 Å². The minimum absolute atomic E-state index is 0.0539. The van der Waals surface area contributed by atoms with Crippen molar-refractivity contribution in [2.45, 2.75) is 6.18 Å². The Morgan fingerprint density at radius 1 is 1.04 bits per heavy atom. The van der Waals surface area contributed by atoms with Crippen molar-refractivity contribution in [2.75, 3.05) is 23.4 Å². The zero-order valence-corrected chi connectivity index (χ0v) is 13.4. The number of hydrogen-bond acceptors (Lipinski definition) is 3. The molecule has 0 fully saturated rings. The first-order chi connectivity index (χ1) is 11.3. The molecule has 1 aliphatic heterocycles. The van der Waals surface area contributed by atoms with E-state index in [1.165, 1.54) is 29.3 Å². The molecule has 2 aromatic carbocycles. The molecule has 0 saturated heterocycles. The van der Waals surface area contributed by atoms with Gasteiger partial charge in [-0.2, -0.15) is 13.2 Å². The lowest BCUT2D eigenvalue weighted by molar-refractivity contribution is -0.137. The van der Waals surface area contributed by atoms with Gasteiger partial charge in [0.1, 0.15) is 5.76 Å². The van der Waals surface area contributed by atoms with Crippen molar-refractivity contribution in [3.8, 4) is 0 Å². The maximum atomic E-state index is 13.4. The van der Waals surface area contributed by atoms with E-state index in [1.807, 2.05) is 0 Å². The molecule has 0 spiro atoms. The number of halogens is 4. The number of para-hydroxylation sites is 1. The van der Waals surface area contributed by atoms with Crippen molar-refractivity contribution in [3.05, 3.63) is 65.0 Å². The van der Waals surface area contributed by atoms with Crippen LogP contribution in [0.4, 0.5) is 30.2 Å². The molecule has 0 unspecified atom stereocenters. The lowest BCUT2D eigenvalue weighted by Crippen LogP contribution is -2.19. The molecule has 7 heteroatoms. The summed E-state index contributed by atoms with van der Waals surface area (Å²) in [6, 6.07) is 10.2. The molecule has 126 valence electrons. The topological polar surface area (TPSA) is 26.7 Å². The van der Waals surface area contributed by atoms with E-state index in [4.69, 9.17) is 11.6 Å². The van der Waals surface area contributed by atoms with E-state index >= 15 is 0 Å². The van der Waals surface area contributed by atoms with Gasteiger partial charge in [0, 0.05) is 18.3 Å². The molecular formula is C17H14ClF3N2O. The minimum atomic E-state index is -4.52. The third-order valence-corrected chi connectivity index (χ3v) is 3.99. The fourth-order valence-corrected chi connectivity index (χ4v) is 2.89. The van der Waals surface area contributed by atoms with Crippen LogP contribution < -0.4 is 9.80 Å². The first-order valence-corrected chi connectivity index (χ1v) is 7.51. The third kappa shape index (κ3) is 3.01. The van der Waals surface area contributed by atoms with Crippen molar-refractivity contribution in [1.82, 2.24) is 0 Å². The molecule has 24 heavy (non-hydrogen) atoms. The van der Waals surface area contributed by atoms with Crippen molar-refractivity contribution < 1.29 is 18.3 Å². The van der Waals surface area contributed by atoms with E-state index in [-0.39, 0.29) is 18.0 Å². The van der Waals surface area contributed by atoms with E-state index in [0.717, 1.165) is 6.07 Å². The van der Waals surface area contributed by atoms with E-state index in [1.54, 1.807) is 30.1 Å². The quantitative estimate of drug-likeness (QED) is 0.748. The molecule has 2 aromatic rings. The summed E-state index contributed by atoms with van der Waals surface area (Å²) in [5.74, 6) is -0.0539. The molecule has 0 saturated carbocycles. The molecule has 0 atom stereocenters. The Labute approximate surface area is 142 Å². The lowest BCUT2D eigenvalue weighted by Gasteiger charge is -2.27. The fourth-order valence-electron chi connectivity index (χ4n) is 2.72. The average Bonchev–Trinajstić information content (AvgIpc) is 2.63.